The third kappa shape index (κ3) is 3.32. The van der Waals surface area contributed by atoms with Crippen LogP contribution in [0.15, 0.2) is 30.6 Å². The second kappa shape index (κ2) is 6.15. The van der Waals surface area contributed by atoms with Gasteiger partial charge in [-0.3, -0.25) is 0 Å². The van der Waals surface area contributed by atoms with Crippen LogP contribution in [0, 0.1) is 13.8 Å². The van der Waals surface area contributed by atoms with Crippen LogP contribution in [0.3, 0.4) is 0 Å². The number of halogens is 1. The second-order valence-electron chi connectivity index (χ2n) is 4.53. The standard InChI is InChI=1S/C15H17BrN2O/c1-10-5-4-6-11(2)15(10)13(16)7-12-8-14(19-3)18-9-17-12/h4-6,8-9,13H,7H2,1-3H3. The molecule has 1 atom stereocenters. The molecule has 0 spiro atoms. The molecule has 0 saturated carbocycles. The number of methoxy groups -OCH3 is 1. The van der Waals surface area contributed by atoms with E-state index in [1.54, 1.807) is 13.4 Å². The highest BCUT2D eigenvalue weighted by Gasteiger charge is 2.14. The first kappa shape index (κ1) is 14.0. The van der Waals surface area contributed by atoms with Gasteiger partial charge in [0.25, 0.3) is 0 Å². The minimum absolute atomic E-state index is 0.244. The number of hydrogen-bond donors (Lipinski definition) is 0. The minimum Gasteiger partial charge on any atom is -0.481 e. The minimum atomic E-state index is 0.244. The fraction of sp³-hybridized carbons (Fsp3) is 0.333. The Morgan fingerprint density at radius 2 is 1.89 bits per heavy atom. The maximum atomic E-state index is 5.12. The molecule has 1 aromatic heterocycles. The SMILES string of the molecule is COc1cc(CC(Br)c2c(C)cccc2C)ncn1. The average Bonchev–Trinajstić information content (AvgIpc) is 2.38. The van der Waals surface area contributed by atoms with Gasteiger partial charge >= 0.3 is 0 Å². The van der Waals surface area contributed by atoms with E-state index in [-0.39, 0.29) is 4.83 Å². The Labute approximate surface area is 122 Å². The lowest BCUT2D eigenvalue weighted by Crippen LogP contribution is -2.03. The molecule has 0 amide bonds. The first-order valence-corrected chi connectivity index (χ1v) is 7.08. The first-order chi connectivity index (χ1) is 9.11. The number of ether oxygens (including phenoxy) is 1. The average molecular weight is 321 g/mol. The molecule has 0 aliphatic carbocycles. The largest absolute Gasteiger partial charge is 0.481 e. The molecular weight excluding hydrogens is 304 g/mol. The summed E-state index contributed by atoms with van der Waals surface area (Å²) >= 11 is 3.77. The lowest BCUT2D eigenvalue weighted by Gasteiger charge is -2.15. The van der Waals surface area contributed by atoms with Crippen LogP contribution in [0.4, 0.5) is 0 Å². The van der Waals surface area contributed by atoms with E-state index in [1.807, 2.05) is 6.07 Å². The maximum Gasteiger partial charge on any atom is 0.216 e. The van der Waals surface area contributed by atoms with Crippen molar-refractivity contribution in [3.8, 4) is 5.88 Å². The highest BCUT2D eigenvalue weighted by atomic mass is 79.9. The number of aromatic nitrogens is 2. The summed E-state index contributed by atoms with van der Waals surface area (Å²) in [5, 5.41) is 0. The van der Waals surface area contributed by atoms with Gasteiger partial charge in [-0.2, -0.15) is 0 Å². The Morgan fingerprint density at radius 1 is 1.21 bits per heavy atom. The zero-order valence-electron chi connectivity index (χ0n) is 11.4. The fourth-order valence-electron chi connectivity index (χ4n) is 2.21. The van der Waals surface area contributed by atoms with Crippen LogP contribution in [0.2, 0.25) is 0 Å². The summed E-state index contributed by atoms with van der Waals surface area (Å²) in [6.07, 6.45) is 2.35. The number of benzene rings is 1. The van der Waals surface area contributed by atoms with Crippen LogP contribution >= 0.6 is 15.9 Å². The molecule has 100 valence electrons. The van der Waals surface area contributed by atoms with Crippen LogP contribution in [0.1, 0.15) is 27.2 Å². The predicted octanol–water partition coefficient (Wildman–Crippen LogP) is 3.78. The van der Waals surface area contributed by atoms with Crippen molar-refractivity contribution in [1.29, 1.82) is 0 Å². The Bertz CT molecular complexity index is 552. The van der Waals surface area contributed by atoms with E-state index in [2.05, 4.69) is 57.9 Å². The smallest absolute Gasteiger partial charge is 0.216 e. The zero-order chi connectivity index (χ0) is 13.8. The third-order valence-electron chi connectivity index (χ3n) is 3.15. The first-order valence-electron chi connectivity index (χ1n) is 6.17. The Morgan fingerprint density at radius 3 is 2.53 bits per heavy atom. The molecule has 1 heterocycles. The van der Waals surface area contributed by atoms with Gasteiger partial charge in [0.1, 0.15) is 6.33 Å². The molecule has 19 heavy (non-hydrogen) atoms. The van der Waals surface area contributed by atoms with E-state index in [4.69, 9.17) is 4.74 Å². The van der Waals surface area contributed by atoms with Crippen LogP contribution in [0.25, 0.3) is 0 Å². The summed E-state index contributed by atoms with van der Waals surface area (Å²) in [6.45, 7) is 4.27. The number of nitrogens with zero attached hydrogens (tertiary/aromatic N) is 2. The molecule has 1 unspecified atom stereocenters. The zero-order valence-corrected chi connectivity index (χ0v) is 12.9. The molecule has 0 fully saturated rings. The molecule has 0 aliphatic heterocycles. The van der Waals surface area contributed by atoms with Crippen LogP contribution in [-0.2, 0) is 6.42 Å². The van der Waals surface area contributed by atoms with E-state index >= 15 is 0 Å². The highest BCUT2D eigenvalue weighted by Crippen LogP contribution is 2.31. The quantitative estimate of drug-likeness (QED) is 0.804. The van der Waals surface area contributed by atoms with Gasteiger partial charge in [0.2, 0.25) is 5.88 Å². The highest BCUT2D eigenvalue weighted by molar-refractivity contribution is 9.09. The molecule has 0 aliphatic rings. The van der Waals surface area contributed by atoms with Gasteiger partial charge < -0.3 is 4.74 Å². The molecule has 0 bridgehead atoms. The number of aryl methyl sites for hydroxylation is 2. The van der Waals surface area contributed by atoms with Crippen molar-refractivity contribution in [3.63, 3.8) is 0 Å². The van der Waals surface area contributed by atoms with Gasteiger partial charge in [0.15, 0.2) is 0 Å². The van der Waals surface area contributed by atoms with E-state index in [0.717, 1.165) is 12.1 Å². The van der Waals surface area contributed by atoms with Gasteiger partial charge in [-0.05, 0) is 30.5 Å². The maximum absolute atomic E-state index is 5.12. The summed E-state index contributed by atoms with van der Waals surface area (Å²) in [6, 6.07) is 8.23. The van der Waals surface area contributed by atoms with Crippen molar-refractivity contribution in [2.45, 2.75) is 25.1 Å². The Kier molecular flexibility index (Phi) is 4.53. The predicted molar refractivity (Wildman–Crippen MR) is 79.9 cm³/mol. The van der Waals surface area contributed by atoms with Crippen LogP contribution in [-0.4, -0.2) is 17.1 Å². The number of hydrogen-bond acceptors (Lipinski definition) is 3. The molecule has 0 saturated heterocycles. The Hall–Kier alpha value is -1.42. The fourth-order valence-corrected chi connectivity index (χ4v) is 3.26. The monoisotopic (exact) mass is 320 g/mol. The van der Waals surface area contributed by atoms with Gasteiger partial charge in [0, 0.05) is 23.0 Å². The van der Waals surface area contributed by atoms with E-state index in [9.17, 15) is 0 Å². The van der Waals surface area contributed by atoms with Crippen molar-refractivity contribution in [1.82, 2.24) is 9.97 Å². The van der Waals surface area contributed by atoms with Gasteiger partial charge in [0.05, 0.1) is 7.11 Å². The van der Waals surface area contributed by atoms with Crippen molar-refractivity contribution in [2.75, 3.05) is 7.11 Å². The normalized spacial score (nSPS) is 12.2. The third-order valence-corrected chi connectivity index (χ3v) is 3.93. The van der Waals surface area contributed by atoms with Crippen molar-refractivity contribution in [3.05, 3.63) is 53.0 Å². The van der Waals surface area contributed by atoms with Crippen LogP contribution < -0.4 is 4.74 Å². The summed E-state index contributed by atoms with van der Waals surface area (Å²) < 4.78 is 5.12. The van der Waals surface area contributed by atoms with E-state index in [1.165, 1.54) is 16.7 Å². The lowest BCUT2D eigenvalue weighted by molar-refractivity contribution is 0.396. The molecular formula is C15H17BrN2O. The van der Waals surface area contributed by atoms with E-state index in [0.29, 0.717) is 5.88 Å². The second-order valence-corrected chi connectivity index (χ2v) is 5.63. The topological polar surface area (TPSA) is 35.0 Å². The molecule has 0 radical (unpaired) electrons. The number of alkyl halides is 1. The molecule has 2 rings (SSSR count). The summed E-state index contributed by atoms with van der Waals surface area (Å²) in [4.78, 5) is 8.56. The molecule has 3 nitrogen and oxygen atoms in total. The van der Waals surface area contributed by atoms with Gasteiger partial charge in [-0.1, -0.05) is 34.1 Å². The summed E-state index contributed by atoms with van der Waals surface area (Å²) in [7, 11) is 1.61. The lowest BCUT2D eigenvalue weighted by atomic mass is 9.98. The van der Waals surface area contributed by atoms with Crippen LogP contribution in [0.5, 0.6) is 5.88 Å². The molecule has 1 aromatic carbocycles. The summed E-state index contributed by atoms with van der Waals surface area (Å²) in [5.41, 5.74) is 4.89. The van der Waals surface area contributed by atoms with Crippen molar-refractivity contribution in [2.24, 2.45) is 0 Å². The van der Waals surface area contributed by atoms with Gasteiger partial charge in [-0.25, -0.2) is 9.97 Å². The van der Waals surface area contributed by atoms with Crippen molar-refractivity contribution >= 4 is 15.9 Å². The molecule has 4 heteroatoms. The van der Waals surface area contributed by atoms with Gasteiger partial charge in [-0.15, -0.1) is 0 Å². The molecule has 0 N–H and O–H groups in total. The summed E-state index contributed by atoms with van der Waals surface area (Å²) in [5.74, 6) is 0.603. The van der Waals surface area contributed by atoms with Crippen molar-refractivity contribution < 1.29 is 4.74 Å². The Balaban J connectivity index is 2.23. The van der Waals surface area contributed by atoms with E-state index < -0.39 is 0 Å². The molecule has 2 aromatic rings. The number of rotatable bonds is 4.